The van der Waals surface area contributed by atoms with E-state index in [0.717, 1.165) is 6.42 Å². The van der Waals surface area contributed by atoms with E-state index < -0.39 is 0 Å². The van der Waals surface area contributed by atoms with Crippen LogP contribution in [-0.4, -0.2) is 4.98 Å². The van der Waals surface area contributed by atoms with E-state index in [1.165, 1.54) is 16.5 Å². The maximum Gasteiger partial charge on any atom is 0.0229 e. The third kappa shape index (κ3) is 1.59. The van der Waals surface area contributed by atoms with E-state index >= 15 is 0 Å². The number of fused-ring (bicyclic) bond motifs is 1. The summed E-state index contributed by atoms with van der Waals surface area (Å²) >= 11 is 0. The molecule has 1 N–H and O–H groups in total. The van der Waals surface area contributed by atoms with Crippen molar-refractivity contribution < 1.29 is 0 Å². The Kier molecular flexibility index (Phi) is 2.09. The Balaban J connectivity index is 2.46. The molecule has 13 heavy (non-hydrogen) atoms. The average Bonchev–Trinajstić information content (AvgIpc) is 2.48. The fourth-order valence-electron chi connectivity index (χ4n) is 1.72. The molecule has 0 radical (unpaired) electrons. The van der Waals surface area contributed by atoms with Crippen LogP contribution in [0, 0.1) is 5.92 Å². The molecule has 0 saturated heterocycles. The highest BCUT2D eigenvalue weighted by Crippen LogP contribution is 2.19. The summed E-state index contributed by atoms with van der Waals surface area (Å²) in [5.74, 6) is 0.710. The van der Waals surface area contributed by atoms with Crippen molar-refractivity contribution in [2.45, 2.75) is 20.3 Å². The molecule has 0 amide bonds. The van der Waals surface area contributed by atoms with Gasteiger partial charge < -0.3 is 4.98 Å². The van der Waals surface area contributed by atoms with E-state index in [9.17, 15) is 0 Å². The SMILES string of the molecule is CC(C)Cc1[nH]cc2ccccc12. The Bertz CT molecular complexity index is 398. The molecule has 1 aromatic carbocycles. The van der Waals surface area contributed by atoms with Crippen LogP contribution in [0.25, 0.3) is 10.8 Å². The number of nitrogens with one attached hydrogen (secondary N) is 1. The molecule has 1 heteroatoms. The Morgan fingerprint density at radius 1 is 1.23 bits per heavy atom. The van der Waals surface area contributed by atoms with Gasteiger partial charge in [-0.3, -0.25) is 0 Å². The highest BCUT2D eigenvalue weighted by molar-refractivity contribution is 5.85. The molecule has 68 valence electrons. The zero-order chi connectivity index (χ0) is 9.26. The largest absolute Gasteiger partial charge is 0.364 e. The molecular weight excluding hydrogens is 158 g/mol. The van der Waals surface area contributed by atoms with Crippen LogP contribution in [0.3, 0.4) is 0 Å². The van der Waals surface area contributed by atoms with Crippen molar-refractivity contribution >= 4 is 10.8 Å². The van der Waals surface area contributed by atoms with Crippen molar-refractivity contribution in [2.24, 2.45) is 5.92 Å². The molecule has 1 aromatic heterocycles. The minimum atomic E-state index is 0.710. The summed E-state index contributed by atoms with van der Waals surface area (Å²) < 4.78 is 0. The predicted molar refractivity (Wildman–Crippen MR) is 56.8 cm³/mol. The summed E-state index contributed by atoms with van der Waals surface area (Å²) in [4.78, 5) is 3.35. The van der Waals surface area contributed by atoms with Crippen LogP contribution in [0.4, 0.5) is 0 Å². The van der Waals surface area contributed by atoms with Gasteiger partial charge >= 0.3 is 0 Å². The van der Waals surface area contributed by atoms with Crippen LogP contribution in [0.15, 0.2) is 30.5 Å². The molecule has 1 heterocycles. The van der Waals surface area contributed by atoms with Crippen molar-refractivity contribution in [3.63, 3.8) is 0 Å². The number of H-pyrrole nitrogens is 1. The second-order valence-corrected chi connectivity index (χ2v) is 3.95. The molecular formula is C12H15N. The number of rotatable bonds is 2. The maximum atomic E-state index is 3.35. The Labute approximate surface area is 78.8 Å². The van der Waals surface area contributed by atoms with Crippen molar-refractivity contribution in [2.75, 3.05) is 0 Å². The standard InChI is InChI=1S/C12H15N/c1-9(2)7-12-11-6-4-3-5-10(11)8-13-12/h3-6,8-9,13H,7H2,1-2H3. The number of hydrogen-bond acceptors (Lipinski definition) is 0. The summed E-state index contributed by atoms with van der Waals surface area (Å²) in [6.45, 7) is 4.49. The van der Waals surface area contributed by atoms with Gasteiger partial charge in [0.2, 0.25) is 0 Å². The highest BCUT2D eigenvalue weighted by Gasteiger charge is 2.03. The average molecular weight is 173 g/mol. The third-order valence-electron chi connectivity index (χ3n) is 2.30. The van der Waals surface area contributed by atoms with Crippen molar-refractivity contribution in [3.05, 3.63) is 36.2 Å². The molecule has 0 bridgehead atoms. The summed E-state index contributed by atoms with van der Waals surface area (Å²) in [5, 5.41) is 2.69. The summed E-state index contributed by atoms with van der Waals surface area (Å²) in [5.41, 5.74) is 1.37. The van der Waals surface area contributed by atoms with E-state index in [1.807, 2.05) is 0 Å². The van der Waals surface area contributed by atoms with E-state index in [1.54, 1.807) is 0 Å². The number of aromatic nitrogens is 1. The first-order chi connectivity index (χ1) is 6.27. The molecule has 0 aliphatic heterocycles. The van der Waals surface area contributed by atoms with Crippen LogP contribution < -0.4 is 0 Å². The van der Waals surface area contributed by atoms with Gasteiger partial charge in [0.15, 0.2) is 0 Å². The first-order valence-corrected chi connectivity index (χ1v) is 4.82. The second kappa shape index (κ2) is 3.25. The molecule has 0 aliphatic rings. The lowest BCUT2D eigenvalue weighted by molar-refractivity contribution is 0.640. The minimum Gasteiger partial charge on any atom is -0.364 e. The van der Waals surface area contributed by atoms with Gasteiger partial charge in [0.05, 0.1) is 0 Å². The fraction of sp³-hybridized carbons (Fsp3) is 0.333. The quantitative estimate of drug-likeness (QED) is 0.716. The lowest BCUT2D eigenvalue weighted by Gasteiger charge is -2.02. The summed E-state index contributed by atoms with van der Waals surface area (Å²) in [6.07, 6.45) is 3.22. The van der Waals surface area contributed by atoms with Crippen molar-refractivity contribution in [3.8, 4) is 0 Å². The van der Waals surface area contributed by atoms with E-state index in [0.29, 0.717) is 5.92 Å². The zero-order valence-corrected chi connectivity index (χ0v) is 8.17. The molecule has 2 aromatic rings. The maximum absolute atomic E-state index is 3.35. The first kappa shape index (κ1) is 8.36. The normalized spacial score (nSPS) is 11.3. The molecule has 0 aliphatic carbocycles. The second-order valence-electron chi connectivity index (χ2n) is 3.95. The lowest BCUT2D eigenvalue weighted by atomic mass is 10.1. The van der Waals surface area contributed by atoms with Gasteiger partial charge in [-0.05, 0) is 17.7 Å². The van der Waals surface area contributed by atoms with E-state index in [-0.39, 0.29) is 0 Å². The van der Waals surface area contributed by atoms with Gasteiger partial charge in [-0.2, -0.15) is 0 Å². The molecule has 1 nitrogen and oxygen atoms in total. The number of benzene rings is 1. The third-order valence-corrected chi connectivity index (χ3v) is 2.30. The van der Waals surface area contributed by atoms with Crippen LogP contribution in [-0.2, 0) is 6.42 Å². The molecule has 0 fully saturated rings. The summed E-state index contributed by atoms with van der Waals surface area (Å²) in [6, 6.07) is 8.51. The van der Waals surface area contributed by atoms with E-state index in [4.69, 9.17) is 0 Å². The van der Waals surface area contributed by atoms with E-state index in [2.05, 4.69) is 49.3 Å². The number of aromatic amines is 1. The monoisotopic (exact) mass is 173 g/mol. The topological polar surface area (TPSA) is 15.8 Å². The fourth-order valence-corrected chi connectivity index (χ4v) is 1.72. The lowest BCUT2D eigenvalue weighted by Crippen LogP contribution is -1.93. The molecule has 2 rings (SSSR count). The van der Waals surface area contributed by atoms with Crippen LogP contribution in [0.2, 0.25) is 0 Å². The van der Waals surface area contributed by atoms with Gasteiger partial charge in [0, 0.05) is 17.3 Å². The summed E-state index contributed by atoms with van der Waals surface area (Å²) in [7, 11) is 0. The van der Waals surface area contributed by atoms with Crippen molar-refractivity contribution in [1.29, 1.82) is 0 Å². The van der Waals surface area contributed by atoms with Crippen LogP contribution >= 0.6 is 0 Å². The smallest absolute Gasteiger partial charge is 0.0229 e. The van der Waals surface area contributed by atoms with Gasteiger partial charge in [-0.15, -0.1) is 0 Å². The minimum absolute atomic E-state index is 0.710. The Morgan fingerprint density at radius 2 is 2.00 bits per heavy atom. The predicted octanol–water partition coefficient (Wildman–Crippen LogP) is 3.37. The molecule has 0 spiro atoms. The zero-order valence-electron chi connectivity index (χ0n) is 8.17. The van der Waals surface area contributed by atoms with Crippen molar-refractivity contribution in [1.82, 2.24) is 4.98 Å². The molecule has 0 saturated carbocycles. The molecule has 0 unspecified atom stereocenters. The molecule has 0 atom stereocenters. The first-order valence-electron chi connectivity index (χ1n) is 4.82. The number of hydrogen-bond donors (Lipinski definition) is 1. The van der Waals surface area contributed by atoms with Gasteiger partial charge in [0.1, 0.15) is 0 Å². The van der Waals surface area contributed by atoms with Crippen LogP contribution in [0.1, 0.15) is 19.5 Å². The highest BCUT2D eigenvalue weighted by atomic mass is 14.7. The van der Waals surface area contributed by atoms with Crippen LogP contribution in [0.5, 0.6) is 0 Å². The Hall–Kier alpha value is -1.24. The Morgan fingerprint density at radius 3 is 2.77 bits per heavy atom. The van der Waals surface area contributed by atoms with Gasteiger partial charge in [0.25, 0.3) is 0 Å². The van der Waals surface area contributed by atoms with Gasteiger partial charge in [-0.25, -0.2) is 0 Å². The van der Waals surface area contributed by atoms with Gasteiger partial charge in [-0.1, -0.05) is 38.1 Å².